The SMILES string of the molecule is CC(C)(C)OC(=O)NC(CNC1CCCCCCC1)C1CC1. The Labute approximate surface area is 135 Å². The molecule has 1 atom stereocenters. The van der Waals surface area contributed by atoms with Crippen molar-refractivity contribution < 1.29 is 9.53 Å². The van der Waals surface area contributed by atoms with E-state index in [1.54, 1.807) is 0 Å². The lowest BCUT2D eigenvalue weighted by Crippen LogP contribution is -2.47. The van der Waals surface area contributed by atoms with Crippen LogP contribution >= 0.6 is 0 Å². The third-order valence-corrected chi connectivity index (χ3v) is 4.62. The Morgan fingerprint density at radius 3 is 2.18 bits per heavy atom. The van der Waals surface area contributed by atoms with Crippen LogP contribution in [0.25, 0.3) is 0 Å². The molecule has 0 aliphatic heterocycles. The third kappa shape index (κ3) is 6.99. The number of rotatable bonds is 5. The molecule has 4 nitrogen and oxygen atoms in total. The third-order valence-electron chi connectivity index (χ3n) is 4.62. The van der Waals surface area contributed by atoms with E-state index in [-0.39, 0.29) is 12.1 Å². The molecule has 2 saturated carbocycles. The molecule has 2 N–H and O–H groups in total. The zero-order valence-corrected chi connectivity index (χ0v) is 14.6. The van der Waals surface area contributed by atoms with Crippen molar-refractivity contribution in [1.82, 2.24) is 10.6 Å². The lowest BCUT2D eigenvalue weighted by molar-refractivity contribution is 0.0496. The Bertz CT molecular complexity index is 339. The van der Waals surface area contributed by atoms with Crippen LogP contribution in [0.4, 0.5) is 4.79 Å². The van der Waals surface area contributed by atoms with Crippen LogP contribution in [-0.4, -0.2) is 30.3 Å². The molecule has 0 bridgehead atoms. The summed E-state index contributed by atoms with van der Waals surface area (Å²) in [6, 6.07) is 0.849. The molecule has 2 aliphatic rings. The van der Waals surface area contributed by atoms with Crippen LogP contribution in [0.15, 0.2) is 0 Å². The van der Waals surface area contributed by atoms with Crippen LogP contribution in [0.1, 0.15) is 78.6 Å². The van der Waals surface area contributed by atoms with Crippen LogP contribution in [-0.2, 0) is 4.74 Å². The van der Waals surface area contributed by atoms with Gasteiger partial charge in [0.05, 0.1) is 0 Å². The number of carbonyl (C=O) groups excluding carboxylic acids is 1. The average molecular weight is 310 g/mol. The minimum Gasteiger partial charge on any atom is -0.444 e. The van der Waals surface area contributed by atoms with E-state index in [9.17, 15) is 4.79 Å². The summed E-state index contributed by atoms with van der Waals surface area (Å²) in [7, 11) is 0. The van der Waals surface area contributed by atoms with Crippen molar-refractivity contribution in [1.29, 1.82) is 0 Å². The number of hydrogen-bond donors (Lipinski definition) is 2. The molecule has 2 rings (SSSR count). The first-order valence-corrected chi connectivity index (χ1v) is 9.17. The van der Waals surface area contributed by atoms with Gasteiger partial charge in [-0.2, -0.15) is 0 Å². The molecule has 1 amide bonds. The fraction of sp³-hybridized carbons (Fsp3) is 0.944. The molecule has 0 aromatic carbocycles. The predicted octanol–water partition coefficient (Wildman–Crippen LogP) is 3.99. The van der Waals surface area contributed by atoms with Gasteiger partial charge in [0, 0.05) is 18.6 Å². The van der Waals surface area contributed by atoms with Crippen LogP contribution in [0.2, 0.25) is 0 Å². The van der Waals surface area contributed by atoms with Crippen molar-refractivity contribution in [3.8, 4) is 0 Å². The fourth-order valence-corrected chi connectivity index (χ4v) is 3.25. The molecule has 2 aliphatic carbocycles. The Morgan fingerprint density at radius 1 is 1.05 bits per heavy atom. The van der Waals surface area contributed by atoms with Gasteiger partial charge in [-0.25, -0.2) is 4.79 Å². The molecule has 0 heterocycles. The molecule has 4 heteroatoms. The van der Waals surface area contributed by atoms with Crippen molar-refractivity contribution in [2.45, 2.75) is 96.2 Å². The summed E-state index contributed by atoms with van der Waals surface area (Å²) in [4.78, 5) is 12.0. The van der Waals surface area contributed by atoms with Gasteiger partial charge in [0.1, 0.15) is 5.60 Å². The van der Waals surface area contributed by atoms with Gasteiger partial charge in [-0.3, -0.25) is 0 Å². The van der Waals surface area contributed by atoms with Gasteiger partial charge in [0.2, 0.25) is 0 Å². The summed E-state index contributed by atoms with van der Waals surface area (Å²) in [5.74, 6) is 0.633. The van der Waals surface area contributed by atoms with Crippen molar-refractivity contribution >= 4 is 6.09 Å². The maximum atomic E-state index is 12.0. The first kappa shape index (κ1) is 17.6. The number of ether oxygens (including phenoxy) is 1. The Hall–Kier alpha value is -0.770. The zero-order chi connectivity index (χ0) is 16.0. The molecule has 128 valence electrons. The van der Waals surface area contributed by atoms with Crippen LogP contribution in [0.5, 0.6) is 0 Å². The lowest BCUT2D eigenvalue weighted by Gasteiger charge is -2.26. The summed E-state index contributed by atoms with van der Waals surface area (Å²) in [6.45, 7) is 6.61. The minimum absolute atomic E-state index is 0.222. The minimum atomic E-state index is -0.425. The fourth-order valence-electron chi connectivity index (χ4n) is 3.25. The van der Waals surface area contributed by atoms with E-state index in [1.165, 1.54) is 57.8 Å². The van der Waals surface area contributed by atoms with Gasteiger partial charge in [-0.1, -0.05) is 32.1 Å². The highest BCUT2D eigenvalue weighted by molar-refractivity contribution is 5.68. The van der Waals surface area contributed by atoms with E-state index < -0.39 is 5.60 Å². The first-order chi connectivity index (χ1) is 10.4. The smallest absolute Gasteiger partial charge is 0.407 e. The Morgan fingerprint density at radius 2 is 1.64 bits per heavy atom. The summed E-state index contributed by atoms with van der Waals surface area (Å²) in [6.07, 6.45) is 11.6. The van der Waals surface area contributed by atoms with Gasteiger partial charge in [-0.15, -0.1) is 0 Å². The standard InChI is InChI=1S/C18H34N2O2/c1-18(2,3)22-17(21)20-16(14-11-12-14)13-19-15-9-7-5-4-6-8-10-15/h14-16,19H,4-13H2,1-3H3,(H,20,21). The van der Waals surface area contributed by atoms with E-state index in [0.717, 1.165) is 6.54 Å². The second-order valence-electron chi connectivity index (χ2n) is 8.04. The lowest BCUT2D eigenvalue weighted by atomic mass is 9.96. The molecule has 1 unspecified atom stereocenters. The van der Waals surface area contributed by atoms with Crippen molar-refractivity contribution in [3.05, 3.63) is 0 Å². The van der Waals surface area contributed by atoms with Gasteiger partial charge in [0.15, 0.2) is 0 Å². The molecule has 0 saturated heterocycles. The highest BCUT2D eigenvalue weighted by atomic mass is 16.6. The first-order valence-electron chi connectivity index (χ1n) is 9.17. The molecule has 0 radical (unpaired) electrons. The number of amides is 1. The highest BCUT2D eigenvalue weighted by Crippen LogP contribution is 2.32. The van der Waals surface area contributed by atoms with Crippen LogP contribution in [0, 0.1) is 5.92 Å². The molecular formula is C18H34N2O2. The molecule has 2 fully saturated rings. The second-order valence-corrected chi connectivity index (χ2v) is 8.04. The van der Waals surface area contributed by atoms with Crippen LogP contribution < -0.4 is 10.6 Å². The van der Waals surface area contributed by atoms with Crippen molar-refractivity contribution in [3.63, 3.8) is 0 Å². The van der Waals surface area contributed by atoms with Gasteiger partial charge < -0.3 is 15.4 Å². The van der Waals surface area contributed by atoms with Crippen molar-refractivity contribution in [2.24, 2.45) is 5.92 Å². The summed E-state index contributed by atoms with van der Waals surface area (Å²) in [5, 5.41) is 6.79. The van der Waals surface area contributed by atoms with E-state index in [4.69, 9.17) is 4.74 Å². The van der Waals surface area contributed by atoms with Crippen molar-refractivity contribution in [2.75, 3.05) is 6.54 Å². The maximum Gasteiger partial charge on any atom is 0.407 e. The number of carbonyl (C=O) groups is 1. The number of hydrogen-bond acceptors (Lipinski definition) is 3. The average Bonchev–Trinajstić information content (AvgIpc) is 3.17. The number of alkyl carbamates (subject to hydrolysis) is 1. The van der Waals surface area contributed by atoms with E-state index >= 15 is 0 Å². The van der Waals surface area contributed by atoms with Gasteiger partial charge >= 0.3 is 6.09 Å². The van der Waals surface area contributed by atoms with Gasteiger partial charge in [0.25, 0.3) is 0 Å². The highest BCUT2D eigenvalue weighted by Gasteiger charge is 2.33. The normalized spacial score (nSPS) is 22.5. The van der Waals surface area contributed by atoms with Gasteiger partial charge in [-0.05, 0) is 52.4 Å². The summed E-state index contributed by atoms with van der Waals surface area (Å²) >= 11 is 0. The monoisotopic (exact) mass is 310 g/mol. The Kier molecular flexibility index (Phi) is 6.54. The van der Waals surface area contributed by atoms with E-state index in [0.29, 0.717) is 12.0 Å². The summed E-state index contributed by atoms with van der Waals surface area (Å²) in [5.41, 5.74) is -0.425. The molecule has 0 aromatic rings. The largest absolute Gasteiger partial charge is 0.444 e. The Balaban J connectivity index is 1.75. The van der Waals surface area contributed by atoms with Crippen LogP contribution in [0.3, 0.4) is 0 Å². The molecule has 22 heavy (non-hydrogen) atoms. The summed E-state index contributed by atoms with van der Waals surface area (Å²) < 4.78 is 5.40. The molecule has 0 aromatic heterocycles. The topological polar surface area (TPSA) is 50.4 Å². The predicted molar refractivity (Wildman–Crippen MR) is 90.0 cm³/mol. The second kappa shape index (κ2) is 8.19. The number of nitrogens with one attached hydrogen (secondary N) is 2. The molecule has 0 spiro atoms. The maximum absolute atomic E-state index is 12.0. The van der Waals surface area contributed by atoms with E-state index in [2.05, 4.69) is 10.6 Å². The quantitative estimate of drug-likeness (QED) is 0.807. The zero-order valence-electron chi connectivity index (χ0n) is 14.6. The molecular weight excluding hydrogens is 276 g/mol. The van der Waals surface area contributed by atoms with E-state index in [1.807, 2.05) is 20.8 Å².